The van der Waals surface area contributed by atoms with Gasteiger partial charge in [-0.15, -0.1) is 0 Å². The van der Waals surface area contributed by atoms with Crippen LogP contribution in [0, 0.1) is 0 Å². The lowest BCUT2D eigenvalue weighted by Crippen LogP contribution is -2.38. The zero-order valence-electron chi connectivity index (χ0n) is 19.8. The Hall–Kier alpha value is -3.30. The molecule has 178 valence electrons. The van der Waals surface area contributed by atoms with Gasteiger partial charge in [0, 0.05) is 31.0 Å². The lowest BCUT2D eigenvalue weighted by Gasteiger charge is -2.27. The molecule has 4 heterocycles. The maximum atomic E-state index is 12.2. The molecule has 3 aromatic heterocycles. The van der Waals surface area contributed by atoms with Gasteiger partial charge in [-0.3, -0.25) is 0 Å². The van der Waals surface area contributed by atoms with Crippen LogP contribution in [-0.2, 0) is 15.0 Å². The van der Waals surface area contributed by atoms with E-state index < -0.39 is 5.54 Å². The van der Waals surface area contributed by atoms with Gasteiger partial charge in [-0.1, -0.05) is 6.92 Å². The third-order valence-electron chi connectivity index (χ3n) is 6.43. The number of cyclic esters (lactones) is 1. The number of esters is 1. The average molecular weight is 464 g/mol. The summed E-state index contributed by atoms with van der Waals surface area (Å²) in [5.41, 5.74) is 7.89. The molecule has 1 unspecified atom stereocenters. The number of methoxy groups -OCH3 is 1. The van der Waals surface area contributed by atoms with Crippen molar-refractivity contribution in [1.29, 1.82) is 0 Å². The normalized spacial score (nSPS) is 21.5. The fraction of sp³-hybridized carbons (Fsp3) is 0.440. The molecule has 1 saturated carbocycles. The predicted octanol–water partition coefficient (Wildman–Crippen LogP) is 3.79. The molecular weight excluding hydrogens is 434 g/mol. The summed E-state index contributed by atoms with van der Waals surface area (Å²) in [5, 5.41) is 4.95. The maximum Gasteiger partial charge on any atom is 0.340 e. The van der Waals surface area contributed by atoms with Crippen molar-refractivity contribution in [2.75, 3.05) is 19.0 Å². The number of rotatable bonds is 7. The van der Waals surface area contributed by atoms with Crippen LogP contribution in [0.25, 0.3) is 10.8 Å². The number of aromatic nitrogens is 3. The molecule has 0 radical (unpaired) electrons. The van der Waals surface area contributed by atoms with Crippen molar-refractivity contribution in [3.05, 3.63) is 47.4 Å². The second-order valence-electron chi connectivity index (χ2n) is 9.41. The summed E-state index contributed by atoms with van der Waals surface area (Å²) in [5.74, 6) is 1.39. The van der Waals surface area contributed by atoms with Crippen LogP contribution in [-0.4, -0.2) is 46.8 Å². The van der Waals surface area contributed by atoms with E-state index in [-0.39, 0.29) is 24.1 Å². The van der Waals surface area contributed by atoms with Crippen molar-refractivity contribution in [2.24, 2.45) is 5.73 Å². The summed E-state index contributed by atoms with van der Waals surface area (Å²) in [6.07, 6.45) is 5.54. The Morgan fingerprint density at radius 2 is 1.97 bits per heavy atom. The van der Waals surface area contributed by atoms with Crippen molar-refractivity contribution < 1.29 is 19.0 Å². The van der Waals surface area contributed by atoms with Gasteiger partial charge >= 0.3 is 5.97 Å². The van der Waals surface area contributed by atoms with E-state index in [4.69, 9.17) is 24.9 Å². The summed E-state index contributed by atoms with van der Waals surface area (Å²) < 4.78 is 16.8. The first-order chi connectivity index (χ1) is 16.3. The van der Waals surface area contributed by atoms with Gasteiger partial charge < -0.3 is 25.3 Å². The minimum atomic E-state index is -0.757. The number of nitrogens with one attached hydrogen (secondary N) is 1. The van der Waals surface area contributed by atoms with Gasteiger partial charge in [0.2, 0.25) is 5.88 Å². The Kier molecular flexibility index (Phi) is 5.61. The molecule has 0 saturated heterocycles. The minimum Gasteiger partial charge on any atom is -0.474 e. The van der Waals surface area contributed by atoms with Crippen LogP contribution in [0.2, 0.25) is 0 Å². The highest BCUT2D eigenvalue weighted by Crippen LogP contribution is 2.36. The van der Waals surface area contributed by atoms with Crippen LogP contribution >= 0.6 is 0 Å². The van der Waals surface area contributed by atoms with Gasteiger partial charge in [-0.25, -0.2) is 19.7 Å². The van der Waals surface area contributed by atoms with Crippen molar-refractivity contribution in [1.82, 2.24) is 15.0 Å². The highest BCUT2D eigenvalue weighted by Gasteiger charge is 2.32. The average Bonchev–Trinajstić information content (AvgIpc) is 3.61. The summed E-state index contributed by atoms with van der Waals surface area (Å²) >= 11 is 0. The molecule has 3 aromatic rings. The van der Waals surface area contributed by atoms with Crippen LogP contribution in [0.4, 0.5) is 11.6 Å². The summed E-state index contributed by atoms with van der Waals surface area (Å²) in [7, 11) is 1.62. The number of hydrogen-bond acceptors (Lipinski definition) is 9. The second-order valence-corrected chi connectivity index (χ2v) is 9.41. The van der Waals surface area contributed by atoms with Gasteiger partial charge in [-0.05, 0) is 50.3 Å². The minimum absolute atomic E-state index is 0.00851. The van der Waals surface area contributed by atoms with E-state index in [1.165, 1.54) is 0 Å². The SMILES string of the molecule is COCC(C)(N)c1cnc(OC2CC2)c2cnc(Nc3ccc4c(n3)[C@@H](C)[C@H](C)OC4=O)cc12. The Morgan fingerprint density at radius 3 is 2.71 bits per heavy atom. The molecule has 2 aliphatic rings. The highest BCUT2D eigenvalue weighted by atomic mass is 16.5. The second kappa shape index (κ2) is 8.48. The molecule has 34 heavy (non-hydrogen) atoms. The number of carbonyl (C=O) groups excluding carboxylic acids is 1. The highest BCUT2D eigenvalue weighted by molar-refractivity contribution is 5.93. The maximum absolute atomic E-state index is 12.2. The van der Waals surface area contributed by atoms with Crippen molar-refractivity contribution in [3.8, 4) is 5.88 Å². The third kappa shape index (κ3) is 4.17. The summed E-state index contributed by atoms with van der Waals surface area (Å²) in [6.45, 7) is 6.11. The monoisotopic (exact) mass is 463 g/mol. The molecule has 0 aromatic carbocycles. The molecule has 9 heteroatoms. The first kappa shape index (κ1) is 22.5. The van der Waals surface area contributed by atoms with Crippen LogP contribution in [0.1, 0.15) is 61.1 Å². The molecule has 0 bridgehead atoms. The third-order valence-corrected chi connectivity index (χ3v) is 6.43. The topological polar surface area (TPSA) is 121 Å². The molecule has 3 atom stereocenters. The smallest absolute Gasteiger partial charge is 0.340 e. The summed E-state index contributed by atoms with van der Waals surface area (Å²) in [6, 6.07) is 5.42. The lowest BCUT2D eigenvalue weighted by atomic mass is 9.91. The van der Waals surface area contributed by atoms with Crippen LogP contribution in [0.5, 0.6) is 5.88 Å². The molecular formula is C25H29N5O4. The molecule has 3 N–H and O–H groups in total. The first-order valence-corrected chi connectivity index (χ1v) is 11.5. The molecule has 5 rings (SSSR count). The predicted molar refractivity (Wildman–Crippen MR) is 127 cm³/mol. The molecule has 0 spiro atoms. The number of pyridine rings is 3. The van der Waals surface area contributed by atoms with Gasteiger partial charge in [0.25, 0.3) is 0 Å². The fourth-order valence-electron chi connectivity index (χ4n) is 4.20. The number of carbonyl (C=O) groups is 1. The molecule has 1 aliphatic heterocycles. The van der Waals surface area contributed by atoms with E-state index in [1.807, 2.05) is 26.8 Å². The van der Waals surface area contributed by atoms with Crippen molar-refractivity contribution in [3.63, 3.8) is 0 Å². The van der Waals surface area contributed by atoms with Gasteiger partial charge in [0.05, 0.1) is 28.8 Å². The van der Waals surface area contributed by atoms with E-state index in [0.717, 1.165) is 29.2 Å². The van der Waals surface area contributed by atoms with E-state index >= 15 is 0 Å². The standard InChI is InChI=1S/C25H29N5O4/c1-13-14(2)33-24(31)16-7-8-20(30-22(13)16)29-21-9-17-18(10-27-21)23(34-15-5-6-15)28-11-19(17)25(3,26)12-32-4/h7-11,13-15H,5-6,12,26H2,1-4H3,(H,27,29,30)/t13-,14-,25?/m0/s1. The zero-order chi connectivity index (χ0) is 24.0. The van der Waals surface area contributed by atoms with Gasteiger partial charge in [0.1, 0.15) is 23.8 Å². The fourth-order valence-corrected chi connectivity index (χ4v) is 4.20. The number of anilines is 2. The lowest BCUT2D eigenvalue weighted by molar-refractivity contribution is 0.0235. The molecule has 1 aliphatic carbocycles. The number of nitrogens with zero attached hydrogens (tertiary/aromatic N) is 3. The number of nitrogens with two attached hydrogens (primary N) is 1. The van der Waals surface area contributed by atoms with Crippen LogP contribution in [0.3, 0.4) is 0 Å². The van der Waals surface area contributed by atoms with Crippen molar-refractivity contribution in [2.45, 2.75) is 57.3 Å². The Labute approximate surface area is 198 Å². The Bertz CT molecular complexity index is 1260. The largest absolute Gasteiger partial charge is 0.474 e. The molecule has 9 nitrogen and oxygen atoms in total. The molecule has 1 fully saturated rings. The van der Waals surface area contributed by atoms with E-state index in [9.17, 15) is 4.79 Å². The quantitative estimate of drug-likeness (QED) is 0.504. The van der Waals surface area contributed by atoms with Crippen LogP contribution < -0.4 is 15.8 Å². The number of fused-ring (bicyclic) bond motifs is 2. The van der Waals surface area contributed by atoms with Gasteiger partial charge in [-0.2, -0.15) is 0 Å². The van der Waals surface area contributed by atoms with Crippen LogP contribution in [0.15, 0.2) is 30.6 Å². The molecule has 0 amide bonds. The van der Waals surface area contributed by atoms with Crippen molar-refractivity contribution >= 4 is 28.4 Å². The van der Waals surface area contributed by atoms with E-state index in [2.05, 4.69) is 15.3 Å². The summed E-state index contributed by atoms with van der Waals surface area (Å²) in [4.78, 5) is 26.1. The number of hydrogen-bond donors (Lipinski definition) is 2. The number of ether oxygens (including phenoxy) is 3. The zero-order valence-corrected chi connectivity index (χ0v) is 19.8. The Balaban J connectivity index is 1.54. The Morgan fingerprint density at radius 1 is 1.18 bits per heavy atom. The van der Waals surface area contributed by atoms with E-state index in [0.29, 0.717) is 35.4 Å². The van der Waals surface area contributed by atoms with E-state index in [1.54, 1.807) is 31.6 Å². The first-order valence-electron chi connectivity index (χ1n) is 11.5. The van der Waals surface area contributed by atoms with Gasteiger partial charge in [0.15, 0.2) is 0 Å².